The molecule has 5 aliphatic carbocycles. The van der Waals surface area contributed by atoms with Crippen LogP contribution in [0.1, 0.15) is 86.0 Å². The van der Waals surface area contributed by atoms with Crippen LogP contribution in [0, 0.1) is 56.7 Å². The molecule has 5 N–H and O–H groups in total. The predicted molar refractivity (Wildman–Crippen MR) is 136 cm³/mol. The van der Waals surface area contributed by atoms with Crippen LogP contribution < -0.4 is 0 Å². The average molecular weight is 507 g/mol. The fourth-order valence-corrected chi connectivity index (χ4v) is 12.4. The van der Waals surface area contributed by atoms with Crippen molar-refractivity contribution in [3.8, 4) is 0 Å². The molecular formula is C30H50O6. The van der Waals surface area contributed by atoms with Gasteiger partial charge in [0.05, 0.1) is 37.1 Å². The van der Waals surface area contributed by atoms with Crippen LogP contribution in [0.4, 0.5) is 0 Å². The molecule has 13 unspecified atom stereocenters. The molecule has 0 aromatic rings. The van der Waals surface area contributed by atoms with E-state index in [1.54, 1.807) is 0 Å². The van der Waals surface area contributed by atoms with Gasteiger partial charge in [0, 0.05) is 17.4 Å². The molecule has 1 aliphatic heterocycles. The molecule has 0 aromatic heterocycles. The van der Waals surface area contributed by atoms with E-state index >= 15 is 0 Å². The highest BCUT2D eigenvalue weighted by Crippen LogP contribution is 2.77. The average Bonchev–Trinajstić information content (AvgIpc) is 3.02. The lowest BCUT2D eigenvalue weighted by molar-refractivity contribution is -0.321. The van der Waals surface area contributed by atoms with E-state index in [4.69, 9.17) is 4.74 Å². The van der Waals surface area contributed by atoms with E-state index in [2.05, 4.69) is 34.6 Å². The lowest BCUT2D eigenvalue weighted by Gasteiger charge is -2.75. The molecule has 36 heavy (non-hydrogen) atoms. The fourth-order valence-electron chi connectivity index (χ4n) is 12.4. The minimum absolute atomic E-state index is 0.0210. The Bertz CT molecular complexity index is 908. The molecule has 2 bridgehead atoms. The van der Waals surface area contributed by atoms with Crippen molar-refractivity contribution in [3.63, 3.8) is 0 Å². The molecule has 0 spiro atoms. The monoisotopic (exact) mass is 506 g/mol. The van der Waals surface area contributed by atoms with Crippen molar-refractivity contribution in [3.05, 3.63) is 0 Å². The van der Waals surface area contributed by atoms with Crippen molar-refractivity contribution in [1.82, 2.24) is 0 Å². The Kier molecular flexibility index (Phi) is 5.56. The maximum atomic E-state index is 12.9. The molecule has 6 heteroatoms. The van der Waals surface area contributed by atoms with Crippen LogP contribution in [-0.2, 0) is 4.74 Å². The van der Waals surface area contributed by atoms with E-state index in [-0.39, 0.29) is 59.2 Å². The van der Waals surface area contributed by atoms with Gasteiger partial charge in [-0.2, -0.15) is 0 Å². The predicted octanol–water partition coefficient (Wildman–Crippen LogP) is 3.12. The number of ether oxygens (including phenoxy) is 1. The van der Waals surface area contributed by atoms with Gasteiger partial charge in [-0.3, -0.25) is 0 Å². The summed E-state index contributed by atoms with van der Waals surface area (Å²) < 4.78 is 6.12. The Balaban J connectivity index is 1.43. The minimum atomic E-state index is -0.880. The van der Waals surface area contributed by atoms with Crippen molar-refractivity contribution in [1.29, 1.82) is 0 Å². The summed E-state index contributed by atoms with van der Waals surface area (Å²) in [4.78, 5) is 0. The van der Waals surface area contributed by atoms with Gasteiger partial charge in [0.25, 0.3) is 0 Å². The highest BCUT2D eigenvalue weighted by atomic mass is 16.5. The zero-order chi connectivity index (χ0) is 26.1. The Labute approximate surface area is 216 Å². The van der Waals surface area contributed by atoms with Crippen LogP contribution in [0.25, 0.3) is 0 Å². The zero-order valence-corrected chi connectivity index (χ0v) is 23.0. The second-order valence-corrected chi connectivity index (χ2v) is 15.7. The number of rotatable bonds is 2. The molecule has 0 aromatic carbocycles. The first-order valence-electron chi connectivity index (χ1n) is 14.6. The summed E-state index contributed by atoms with van der Waals surface area (Å²) in [6, 6.07) is 0. The van der Waals surface area contributed by atoms with E-state index in [9.17, 15) is 25.5 Å². The second-order valence-electron chi connectivity index (χ2n) is 15.7. The lowest BCUT2D eigenvalue weighted by atomic mass is 9.31. The summed E-state index contributed by atoms with van der Waals surface area (Å²) in [6.07, 6.45) is 5.23. The van der Waals surface area contributed by atoms with E-state index in [1.165, 1.54) is 0 Å². The molecule has 6 rings (SSSR count). The van der Waals surface area contributed by atoms with Crippen molar-refractivity contribution >= 4 is 0 Å². The Hall–Kier alpha value is -0.240. The molecule has 1 saturated heterocycles. The minimum Gasteiger partial charge on any atom is -0.396 e. The summed E-state index contributed by atoms with van der Waals surface area (Å²) in [6.45, 7) is 12.0. The molecule has 6 fully saturated rings. The molecule has 206 valence electrons. The van der Waals surface area contributed by atoms with Crippen LogP contribution in [0.2, 0.25) is 0 Å². The summed E-state index contributed by atoms with van der Waals surface area (Å²) in [5, 5.41) is 56.5. The van der Waals surface area contributed by atoms with Gasteiger partial charge in [-0.25, -0.2) is 0 Å². The number of hydrogen-bond acceptors (Lipinski definition) is 6. The third-order valence-corrected chi connectivity index (χ3v) is 14.0. The molecular weight excluding hydrogens is 456 g/mol. The van der Waals surface area contributed by atoms with E-state index in [0.29, 0.717) is 25.4 Å². The lowest BCUT2D eigenvalue weighted by Crippen LogP contribution is -2.75. The van der Waals surface area contributed by atoms with Crippen LogP contribution in [0.15, 0.2) is 0 Å². The van der Waals surface area contributed by atoms with Crippen molar-refractivity contribution in [2.45, 2.75) is 110 Å². The Morgan fingerprint density at radius 3 is 2.22 bits per heavy atom. The first-order chi connectivity index (χ1) is 16.7. The van der Waals surface area contributed by atoms with E-state index in [0.717, 1.165) is 38.5 Å². The Morgan fingerprint density at radius 2 is 1.56 bits per heavy atom. The molecule has 5 saturated carbocycles. The van der Waals surface area contributed by atoms with Gasteiger partial charge in [-0.1, -0.05) is 34.6 Å². The van der Waals surface area contributed by atoms with Gasteiger partial charge >= 0.3 is 0 Å². The largest absolute Gasteiger partial charge is 0.396 e. The molecule has 6 aliphatic rings. The first kappa shape index (κ1) is 26.0. The molecule has 1 heterocycles. The van der Waals surface area contributed by atoms with Crippen LogP contribution in [0.3, 0.4) is 0 Å². The van der Waals surface area contributed by atoms with Gasteiger partial charge in [0.15, 0.2) is 0 Å². The fraction of sp³-hybridized carbons (Fsp3) is 1.00. The number of fused-ring (bicyclic) bond motifs is 10. The third kappa shape index (κ3) is 2.85. The van der Waals surface area contributed by atoms with Gasteiger partial charge < -0.3 is 30.3 Å². The molecule has 13 atom stereocenters. The second kappa shape index (κ2) is 7.69. The van der Waals surface area contributed by atoms with Crippen molar-refractivity contribution in [2.75, 3.05) is 19.8 Å². The summed E-state index contributed by atoms with van der Waals surface area (Å²) in [5.74, 6) is 0.459. The van der Waals surface area contributed by atoms with Crippen LogP contribution >= 0.6 is 0 Å². The smallest absolute Gasteiger partial charge is 0.0905 e. The number of aliphatic hydroxyl groups excluding tert-OH is 4. The van der Waals surface area contributed by atoms with Crippen LogP contribution in [-0.4, -0.2) is 69.3 Å². The van der Waals surface area contributed by atoms with Gasteiger partial charge in [0.2, 0.25) is 0 Å². The summed E-state index contributed by atoms with van der Waals surface area (Å²) >= 11 is 0. The SMILES string of the molecule is CC1(C)CC(CO)C2C(O)CC3(C)C4(C)CCC5C(C)(CC6OCC5(CO)C6O)C4CCC3(O)C2C1. The van der Waals surface area contributed by atoms with Crippen LogP contribution in [0.5, 0.6) is 0 Å². The number of aliphatic hydroxyl groups is 5. The standard InChI is InChI=1S/C30H50O6/c1-25(2)10-17(14-31)23-18(11-25)30(35)9-7-21-26(3)13-20-24(34)29(15-32,16-36-20)22(26)6-8-27(21,4)28(30,5)12-19(23)33/h17-24,31-35H,6-16H2,1-5H3. The molecule has 0 radical (unpaired) electrons. The summed E-state index contributed by atoms with van der Waals surface area (Å²) in [7, 11) is 0. The Morgan fingerprint density at radius 1 is 0.861 bits per heavy atom. The highest BCUT2D eigenvalue weighted by molar-refractivity contribution is 5.25. The zero-order valence-electron chi connectivity index (χ0n) is 23.0. The van der Waals surface area contributed by atoms with E-state index < -0.39 is 28.6 Å². The van der Waals surface area contributed by atoms with Gasteiger partial charge in [0.1, 0.15) is 0 Å². The van der Waals surface area contributed by atoms with Gasteiger partial charge in [-0.15, -0.1) is 0 Å². The normalized spacial score (nSPS) is 61.5. The first-order valence-corrected chi connectivity index (χ1v) is 14.6. The van der Waals surface area contributed by atoms with Crippen molar-refractivity contribution < 1.29 is 30.3 Å². The van der Waals surface area contributed by atoms with Gasteiger partial charge in [-0.05, 0) is 97.2 Å². The molecule has 6 nitrogen and oxygen atoms in total. The van der Waals surface area contributed by atoms with Crippen molar-refractivity contribution in [2.24, 2.45) is 56.7 Å². The topological polar surface area (TPSA) is 110 Å². The molecule has 0 amide bonds. The highest BCUT2D eigenvalue weighted by Gasteiger charge is 2.76. The quantitative estimate of drug-likeness (QED) is 0.394. The summed E-state index contributed by atoms with van der Waals surface area (Å²) in [5.41, 5.74) is -2.17. The number of hydrogen-bond donors (Lipinski definition) is 5. The maximum Gasteiger partial charge on any atom is 0.0905 e. The third-order valence-electron chi connectivity index (χ3n) is 14.0. The maximum absolute atomic E-state index is 12.9. The van der Waals surface area contributed by atoms with E-state index in [1.807, 2.05) is 0 Å².